The van der Waals surface area contributed by atoms with Crippen molar-refractivity contribution in [1.29, 1.82) is 0 Å². The molecule has 142 valence electrons. The molecule has 1 atom stereocenters. The van der Waals surface area contributed by atoms with Gasteiger partial charge in [-0.3, -0.25) is 4.99 Å². The van der Waals surface area contributed by atoms with E-state index in [1.54, 1.807) is 0 Å². The minimum Gasteiger partial charge on any atom is -0.357 e. The minimum absolute atomic E-state index is 0.296. The fraction of sp³-hybridized carbons (Fsp3) is 0.842. The van der Waals surface area contributed by atoms with Gasteiger partial charge in [0.15, 0.2) is 11.8 Å². The monoisotopic (exact) mass is 349 g/mol. The highest BCUT2D eigenvalue weighted by Crippen LogP contribution is 2.28. The molecule has 1 fully saturated rings. The molecular weight excluding hydrogens is 314 g/mol. The molecule has 2 rings (SSSR count). The molecule has 1 aliphatic heterocycles. The zero-order valence-corrected chi connectivity index (χ0v) is 16.6. The lowest BCUT2D eigenvalue weighted by molar-refractivity contribution is 0.319. The third-order valence-electron chi connectivity index (χ3n) is 5.16. The second-order valence-electron chi connectivity index (χ2n) is 7.26. The molecular formula is C19H35N5O. The summed E-state index contributed by atoms with van der Waals surface area (Å²) in [7, 11) is 0. The normalized spacial score (nSPS) is 18.6. The quantitative estimate of drug-likeness (QED) is 0.575. The molecule has 0 saturated carbocycles. The van der Waals surface area contributed by atoms with Gasteiger partial charge < -0.3 is 14.7 Å². The van der Waals surface area contributed by atoms with E-state index in [0.717, 1.165) is 43.3 Å². The smallest absolute Gasteiger partial charge is 0.228 e. The summed E-state index contributed by atoms with van der Waals surface area (Å²) >= 11 is 0. The van der Waals surface area contributed by atoms with Crippen LogP contribution in [0, 0.1) is 11.8 Å². The number of hydrogen-bond acceptors (Lipinski definition) is 4. The summed E-state index contributed by atoms with van der Waals surface area (Å²) in [6.07, 6.45) is 4.52. The molecule has 1 aromatic rings. The van der Waals surface area contributed by atoms with Crippen LogP contribution in [0.4, 0.5) is 0 Å². The number of hydrogen-bond donors (Lipinski definition) is 1. The molecule has 1 unspecified atom stereocenters. The minimum atomic E-state index is 0.296. The maximum atomic E-state index is 5.31. The summed E-state index contributed by atoms with van der Waals surface area (Å²) in [5.74, 6) is 4.41. The van der Waals surface area contributed by atoms with Crippen LogP contribution in [0.25, 0.3) is 0 Å². The first kappa shape index (κ1) is 19.7. The van der Waals surface area contributed by atoms with Gasteiger partial charge in [0.1, 0.15) is 0 Å². The van der Waals surface area contributed by atoms with Crippen molar-refractivity contribution in [1.82, 2.24) is 20.4 Å². The van der Waals surface area contributed by atoms with E-state index in [-0.39, 0.29) is 0 Å². The summed E-state index contributed by atoms with van der Waals surface area (Å²) in [5.41, 5.74) is 0. The topological polar surface area (TPSA) is 66.5 Å². The van der Waals surface area contributed by atoms with Gasteiger partial charge in [-0.05, 0) is 25.2 Å². The van der Waals surface area contributed by atoms with E-state index >= 15 is 0 Å². The highest BCUT2D eigenvalue weighted by molar-refractivity contribution is 5.80. The Morgan fingerprint density at radius 1 is 1.32 bits per heavy atom. The molecule has 1 saturated heterocycles. The molecule has 25 heavy (non-hydrogen) atoms. The Hall–Kier alpha value is -1.59. The Balaban J connectivity index is 1.91. The van der Waals surface area contributed by atoms with Crippen LogP contribution in [0.15, 0.2) is 9.52 Å². The summed E-state index contributed by atoms with van der Waals surface area (Å²) in [6, 6.07) is 0. The number of nitrogens with one attached hydrogen (secondary N) is 1. The molecule has 0 bridgehead atoms. The van der Waals surface area contributed by atoms with Crippen LogP contribution >= 0.6 is 0 Å². The Labute approximate surface area is 152 Å². The van der Waals surface area contributed by atoms with E-state index in [1.807, 2.05) is 0 Å². The van der Waals surface area contributed by atoms with Crippen LogP contribution in [0.3, 0.4) is 0 Å². The fourth-order valence-corrected chi connectivity index (χ4v) is 3.61. The molecule has 2 heterocycles. The predicted octanol–water partition coefficient (Wildman–Crippen LogP) is 3.46. The lowest BCUT2D eigenvalue weighted by Gasteiger charge is -2.24. The SMILES string of the molecule is CCNC(=NCCc1nc(C(C)C)no1)N1CCC(C(CC)CC)C1. The van der Waals surface area contributed by atoms with Crippen molar-refractivity contribution < 1.29 is 4.52 Å². The average molecular weight is 350 g/mol. The molecule has 1 aliphatic rings. The number of nitrogens with zero attached hydrogens (tertiary/aromatic N) is 4. The maximum absolute atomic E-state index is 5.31. The summed E-state index contributed by atoms with van der Waals surface area (Å²) in [4.78, 5) is 11.6. The molecule has 0 radical (unpaired) electrons. The summed E-state index contributed by atoms with van der Waals surface area (Å²) < 4.78 is 5.31. The van der Waals surface area contributed by atoms with E-state index in [1.165, 1.54) is 19.3 Å². The van der Waals surface area contributed by atoms with Crippen LogP contribution in [-0.2, 0) is 6.42 Å². The average Bonchev–Trinajstić information content (AvgIpc) is 3.25. The van der Waals surface area contributed by atoms with Crippen LogP contribution in [0.2, 0.25) is 0 Å². The first-order valence-electron chi connectivity index (χ1n) is 9.94. The number of rotatable bonds is 8. The number of likely N-dealkylation sites (tertiary alicyclic amines) is 1. The van der Waals surface area contributed by atoms with E-state index in [0.29, 0.717) is 24.8 Å². The van der Waals surface area contributed by atoms with Gasteiger partial charge in [-0.25, -0.2) is 0 Å². The van der Waals surface area contributed by atoms with Crippen LogP contribution in [0.1, 0.15) is 71.5 Å². The van der Waals surface area contributed by atoms with Crippen LogP contribution in [-0.4, -0.2) is 47.2 Å². The number of guanidine groups is 1. The van der Waals surface area contributed by atoms with Gasteiger partial charge in [0.05, 0.1) is 6.54 Å². The maximum Gasteiger partial charge on any atom is 0.228 e. The van der Waals surface area contributed by atoms with E-state index in [2.05, 4.69) is 55.0 Å². The van der Waals surface area contributed by atoms with Crippen molar-refractivity contribution in [3.8, 4) is 0 Å². The second kappa shape index (κ2) is 9.78. The van der Waals surface area contributed by atoms with Gasteiger partial charge in [-0.15, -0.1) is 0 Å². The van der Waals surface area contributed by atoms with E-state index < -0.39 is 0 Å². The molecule has 0 aliphatic carbocycles. The number of aliphatic imine (C=N–C) groups is 1. The van der Waals surface area contributed by atoms with Crippen molar-refractivity contribution in [3.63, 3.8) is 0 Å². The lowest BCUT2D eigenvalue weighted by Crippen LogP contribution is -2.40. The zero-order valence-electron chi connectivity index (χ0n) is 16.6. The Morgan fingerprint density at radius 3 is 2.68 bits per heavy atom. The van der Waals surface area contributed by atoms with Crippen molar-refractivity contribution in [3.05, 3.63) is 11.7 Å². The van der Waals surface area contributed by atoms with Gasteiger partial charge in [-0.2, -0.15) is 4.98 Å². The van der Waals surface area contributed by atoms with Crippen molar-refractivity contribution in [2.24, 2.45) is 16.8 Å². The molecule has 0 amide bonds. The van der Waals surface area contributed by atoms with E-state index in [4.69, 9.17) is 9.52 Å². The highest BCUT2D eigenvalue weighted by atomic mass is 16.5. The Kier molecular flexibility index (Phi) is 7.72. The third kappa shape index (κ3) is 5.44. The largest absolute Gasteiger partial charge is 0.357 e. The molecule has 0 spiro atoms. The van der Waals surface area contributed by atoms with Crippen molar-refractivity contribution >= 4 is 5.96 Å². The third-order valence-corrected chi connectivity index (χ3v) is 5.16. The first-order chi connectivity index (χ1) is 12.1. The Morgan fingerprint density at radius 2 is 2.08 bits per heavy atom. The summed E-state index contributed by atoms with van der Waals surface area (Å²) in [5, 5.41) is 7.45. The molecule has 6 heteroatoms. The highest BCUT2D eigenvalue weighted by Gasteiger charge is 2.29. The first-order valence-corrected chi connectivity index (χ1v) is 9.94. The van der Waals surface area contributed by atoms with Gasteiger partial charge >= 0.3 is 0 Å². The lowest BCUT2D eigenvalue weighted by atomic mass is 9.87. The molecule has 1 aromatic heterocycles. The Bertz CT molecular complexity index is 536. The van der Waals surface area contributed by atoms with Gasteiger partial charge in [0.25, 0.3) is 0 Å². The zero-order chi connectivity index (χ0) is 18.2. The van der Waals surface area contributed by atoms with Gasteiger partial charge in [-0.1, -0.05) is 45.7 Å². The summed E-state index contributed by atoms with van der Waals surface area (Å²) in [6.45, 7) is 14.7. The predicted molar refractivity (Wildman–Crippen MR) is 102 cm³/mol. The van der Waals surface area contributed by atoms with Crippen LogP contribution in [0.5, 0.6) is 0 Å². The second-order valence-corrected chi connectivity index (χ2v) is 7.26. The van der Waals surface area contributed by atoms with Crippen molar-refractivity contribution in [2.45, 2.75) is 66.2 Å². The van der Waals surface area contributed by atoms with Crippen LogP contribution < -0.4 is 5.32 Å². The van der Waals surface area contributed by atoms with Gasteiger partial charge in [0, 0.05) is 32.0 Å². The molecule has 0 aromatic carbocycles. The fourth-order valence-electron chi connectivity index (χ4n) is 3.61. The molecule has 6 nitrogen and oxygen atoms in total. The number of aromatic nitrogens is 2. The molecule has 1 N–H and O–H groups in total. The van der Waals surface area contributed by atoms with Crippen molar-refractivity contribution in [2.75, 3.05) is 26.2 Å². The van der Waals surface area contributed by atoms with Gasteiger partial charge in [0.2, 0.25) is 5.89 Å². The standard InChI is InChI=1S/C19H35N5O/c1-6-15(7-2)16-10-12-24(13-16)19(20-8-3)21-11-9-17-22-18(14(4)5)23-25-17/h14-16H,6-13H2,1-5H3,(H,20,21). The van der Waals surface area contributed by atoms with E-state index in [9.17, 15) is 0 Å².